The summed E-state index contributed by atoms with van der Waals surface area (Å²) in [4.78, 5) is 32.8. The molecule has 2 aromatic heterocycles. The van der Waals surface area contributed by atoms with Crippen LogP contribution in [0.3, 0.4) is 0 Å². The van der Waals surface area contributed by atoms with Crippen molar-refractivity contribution in [3.05, 3.63) is 39.8 Å². The lowest BCUT2D eigenvalue weighted by Crippen LogP contribution is -2.11. The summed E-state index contributed by atoms with van der Waals surface area (Å²) in [5.41, 5.74) is 1.56. The third kappa shape index (κ3) is 4.21. The van der Waals surface area contributed by atoms with Gasteiger partial charge >= 0.3 is 5.97 Å². The van der Waals surface area contributed by atoms with Gasteiger partial charge in [0.1, 0.15) is 4.88 Å². The number of thiazole rings is 2. The predicted molar refractivity (Wildman–Crippen MR) is 99.4 cm³/mol. The molecule has 0 saturated carbocycles. The van der Waals surface area contributed by atoms with Crippen LogP contribution in [0.4, 0.5) is 5.13 Å². The van der Waals surface area contributed by atoms with E-state index in [1.165, 1.54) is 7.11 Å². The molecule has 0 bridgehead atoms. The van der Waals surface area contributed by atoms with Crippen LogP contribution in [0.25, 0.3) is 10.2 Å². The van der Waals surface area contributed by atoms with Gasteiger partial charge in [-0.25, -0.2) is 14.8 Å². The van der Waals surface area contributed by atoms with Gasteiger partial charge in [-0.2, -0.15) is 0 Å². The van der Waals surface area contributed by atoms with Gasteiger partial charge in [0.05, 0.1) is 28.0 Å². The Morgan fingerprint density at radius 3 is 2.76 bits per heavy atom. The van der Waals surface area contributed by atoms with Crippen molar-refractivity contribution in [1.29, 1.82) is 0 Å². The number of aromatic nitrogens is 2. The average molecular weight is 375 g/mol. The molecule has 0 unspecified atom stereocenters. The summed E-state index contributed by atoms with van der Waals surface area (Å²) in [6.45, 7) is 1.71. The molecule has 3 aromatic rings. The third-order valence-corrected chi connectivity index (χ3v) is 5.70. The molecular formula is C17H17N3O3S2. The van der Waals surface area contributed by atoms with E-state index in [9.17, 15) is 9.59 Å². The Bertz CT molecular complexity index is 884. The number of aryl methyl sites for hydroxylation is 2. The molecule has 0 fully saturated rings. The highest BCUT2D eigenvalue weighted by Gasteiger charge is 2.16. The highest BCUT2D eigenvalue weighted by Crippen LogP contribution is 2.24. The van der Waals surface area contributed by atoms with E-state index in [-0.39, 0.29) is 5.91 Å². The number of fused-ring (bicyclic) bond motifs is 1. The number of nitrogens with one attached hydrogen (secondary N) is 1. The molecule has 0 aliphatic carbocycles. The molecule has 1 aromatic carbocycles. The third-order valence-electron chi connectivity index (χ3n) is 3.55. The fourth-order valence-electron chi connectivity index (χ4n) is 2.34. The van der Waals surface area contributed by atoms with Gasteiger partial charge in [-0.1, -0.05) is 23.5 Å². The van der Waals surface area contributed by atoms with Gasteiger partial charge < -0.3 is 10.1 Å². The van der Waals surface area contributed by atoms with Crippen molar-refractivity contribution < 1.29 is 14.3 Å². The zero-order valence-corrected chi connectivity index (χ0v) is 15.5. The van der Waals surface area contributed by atoms with E-state index < -0.39 is 5.97 Å². The van der Waals surface area contributed by atoms with Crippen LogP contribution in [0.5, 0.6) is 0 Å². The normalized spacial score (nSPS) is 10.8. The zero-order chi connectivity index (χ0) is 17.8. The van der Waals surface area contributed by atoms with Gasteiger partial charge in [0.2, 0.25) is 5.91 Å². The molecular weight excluding hydrogens is 358 g/mol. The molecule has 1 N–H and O–H groups in total. The topological polar surface area (TPSA) is 81.2 Å². The maximum absolute atomic E-state index is 12.1. The SMILES string of the molecule is COC(=O)c1sc(NC(=O)CCCc2nc3ccccc3s2)nc1C. The number of anilines is 1. The van der Waals surface area contributed by atoms with Crippen molar-refractivity contribution >= 4 is 49.9 Å². The van der Waals surface area contributed by atoms with Crippen molar-refractivity contribution in [2.75, 3.05) is 12.4 Å². The Kier molecular flexibility index (Phi) is 5.40. The van der Waals surface area contributed by atoms with E-state index in [4.69, 9.17) is 0 Å². The molecule has 130 valence electrons. The summed E-state index contributed by atoms with van der Waals surface area (Å²) in [5.74, 6) is -0.558. The molecule has 3 rings (SSSR count). The van der Waals surface area contributed by atoms with E-state index >= 15 is 0 Å². The number of rotatable bonds is 6. The monoisotopic (exact) mass is 375 g/mol. The van der Waals surface area contributed by atoms with Gasteiger partial charge in [0, 0.05) is 6.42 Å². The minimum Gasteiger partial charge on any atom is -0.465 e. The van der Waals surface area contributed by atoms with Crippen molar-refractivity contribution in [2.45, 2.75) is 26.2 Å². The molecule has 0 saturated heterocycles. The largest absolute Gasteiger partial charge is 0.465 e. The minimum atomic E-state index is -0.439. The number of hydrogen-bond donors (Lipinski definition) is 1. The zero-order valence-electron chi connectivity index (χ0n) is 13.9. The second kappa shape index (κ2) is 7.71. The first kappa shape index (κ1) is 17.5. The van der Waals surface area contributed by atoms with E-state index in [2.05, 4.69) is 20.0 Å². The number of ether oxygens (including phenoxy) is 1. The number of methoxy groups -OCH3 is 1. The summed E-state index contributed by atoms with van der Waals surface area (Å²) >= 11 is 2.78. The molecule has 0 aliphatic rings. The van der Waals surface area contributed by atoms with E-state index in [0.29, 0.717) is 28.5 Å². The lowest BCUT2D eigenvalue weighted by atomic mass is 10.2. The van der Waals surface area contributed by atoms with Crippen molar-refractivity contribution in [2.24, 2.45) is 0 Å². The molecule has 0 aliphatic heterocycles. The maximum atomic E-state index is 12.1. The van der Waals surface area contributed by atoms with E-state index in [1.807, 2.05) is 24.3 Å². The number of benzene rings is 1. The Labute approximate surface area is 152 Å². The van der Waals surface area contributed by atoms with Crippen LogP contribution in [0.1, 0.15) is 33.2 Å². The van der Waals surface area contributed by atoms with Crippen LogP contribution in [0.2, 0.25) is 0 Å². The van der Waals surface area contributed by atoms with Crippen LogP contribution >= 0.6 is 22.7 Å². The van der Waals surface area contributed by atoms with Crippen LogP contribution in [0, 0.1) is 6.92 Å². The van der Waals surface area contributed by atoms with Crippen molar-refractivity contribution in [3.8, 4) is 0 Å². The number of para-hydroxylation sites is 1. The fraction of sp³-hybridized carbons (Fsp3) is 0.294. The van der Waals surface area contributed by atoms with Gasteiger partial charge in [-0.15, -0.1) is 11.3 Å². The summed E-state index contributed by atoms with van der Waals surface area (Å²) < 4.78 is 5.85. The Balaban J connectivity index is 1.52. The van der Waals surface area contributed by atoms with Gasteiger partial charge in [-0.05, 0) is 31.9 Å². The highest BCUT2D eigenvalue weighted by molar-refractivity contribution is 7.18. The molecule has 6 nitrogen and oxygen atoms in total. The first-order chi connectivity index (χ1) is 12.1. The molecule has 8 heteroatoms. The van der Waals surface area contributed by atoms with E-state index in [1.54, 1.807) is 18.3 Å². The van der Waals surface area contributed by atoms with Crippen LogP contribution in [0.15, 0.2) is 24.3 Å². The number of hydrogen-bond acceptors (Lipinski definition) is 7. The number of nitrogens with zero attached hydrogens (tertiary/aromatic N) is 2. The first-order valence-electron chi connectivity index (χ1n) is 7.77. The predicted octanol–water partition coefficient (Wildman–Crippen LogP) is 3.81. The number of carbonyl (C=O) groups is 2. The summed E-state index contributed by atoms with van der Waals surface area (Å²) in [6.07, 6.45) is 1.85. The Morgan fingerprint density at radius 2 is 2.00 bits per heavy atom. The molecule has 0 radical (unpaired) electrons. The summed E-state index contributed by atoms with van der Waals surface area (Å²) in [6, 6.07) is 8.01. The summed E-state index contributed by atoms with van der Waals surface area (Å²) in [7, 11) is 1.32. The number of esters is 1. The van der Waals surface area contributed by atoms with Crippen molar-refractivity contribution in [1.82, 2.24) is 9.97 Å². The van der Waals surface area contributed by atoms with Gasteiger partial charge in [0.25, 0.3) is 0 Å². The first-order valence-corrected chi connectivity index (χ1v) is 9.40. The van der Waals surface area contributed by atoms with E-state index in [0.717, 1.165) is 33.0 Å². The lowest BCUT2D eigenvalue weighted by molar-refractivity contribution is -0.116. The highest BCUT2D eigenvalue weighted by atomic mass is 32.1. The lowest BCUT2D eigenvalue weighted by Gasteiger charge is -2.00. The van der Waals surface area contributed by atoms with Crippen LogP contribution < -0.4 is 5.32 Å². The maximum Gasteiger partial charge on any atom is 0.350 e. The Hall–Kier alpha value is -2.32. The molecule has 25 heavy (non-hydrogen) atoms. The van der Waals surface area contributed by atoms with Gasteiger partial charge in [-0.3, -0.25) is 4.79 Å². The van der Waals surface area contributed by atoms with Crippen molar-refractivity contribution in [3.63, 3.8) is 0 Å². The fourth-order valence-corrected chi connectivity index (χ4v) is 4.25. The molecule has 0 atom stereocenters. The number of carbonyl (C=O) groups excluding carboxylic acids is 2. The van der Waals surface area contributed by atoms with Crippen LogP contribution in [-0.2, 0) is 16.0 Å². The van der Waals surface area contributed by atoms with Gasteiger partial charge in [0.15, 0.2) is 5.13 Å². The standard InChI is InChI=1S/C17H17N3O3S2/c1-10-15(16(22)23-2)25-17(18-10)20-13(21)8-5-9-14-19-11-6-3-4-7-12(11)24-14/h3-4,6-7H,5,8-9H2,1-2H3,(H,18,20,21). The smallest absolute Gasteiger partial charge is 0.350 e. The second-order valence-electron chi connectivity index (χ2n) is 5.40. The minimum absolute atomic E-state index is 0.119. The molecule has 2 heterocycles. The average Bonchev–Trinajstić information content (AvgIpc) is 3.16. The van der Waals surface area contributed by atoms with Crippen LogP contribution in [-0.4, -0.2) is 29.0 Å². The second-order valence-corrected chi connectivity index (χ2v) is 7.52. The Morgan fingerprint density at radius 1 is 1.20 bits per heavy atom. The summed E-state index contributed by atoms with van der Waals surface area (Å²) in [5, 5.41) is 4.19. The quantitative estimate of drug-likeness (QED) is 0.663. The molecule has 1 amide bonds. The molecule has 0 spiro atoms. The number of amides is 1.